The number of aromatic nitrogens is 1. The summed E-state index contributed by atoms with van der Waals surface area (Å²) in [7, 11) is 0. The summed E-state index contributed by atoms with van der Waals surface area (Å²) in [4.78, 5) is 27.9. The zero-order valence-electron chi connectivity index (χ0n) is 8.50. The number of hydrogen-bond acceptors (Lipinski definition) is 3. The van der Waals surface area contributed by atoms with Crippen LogP contribution in [0.3, 0.4) is 0 Å². The average molecular weight is 292 g/mol. The van der Waals surface area contributed by atoms with Crippen LogP contribution in [0.15, 0.2) is 12.2 Å². The summed E-state index contributed by atoms with van der Waals surface area (Å²) in [6, 6.07) is 0. The molecule has 0 fully saturated rings. The van der Waals surface area contributed by atoms with Crippen LogP contribution in [0.1, 0.15) is 5.69 Å². The van der Waals surface area contributed by atoms with Gasteiger partial charge in [0.2, 0.25) is 0 Å². The third-order valence-corrected chi connectivity index (χ3v) is 3.39. The fraction of sp³-hybridized carbons (Fsp3) is 0.100. The predicted octanol–water partition coefficient (Wildman–Crippen LogP) is 2.78. The summed E-state index contributed by atoms with van der Waals surface area (Å²) in [6.45, 7) is 1.60. The molecular formula is C10H5Cl3N2O2. The van der Waals surface area contributed by atoms with Crippen molar-refractivity contribution in [3.05, 3.63) is 33.0 Å². The van der Waals surface area contributed by atoms with E-state index in [9.17, 15) is 9.59 Å². The van der Waals surface area contributed by atoms with Gasteiger partial charge in [-0.05, 0) is 6.92 Å². The first-order valence-corrected chi connectivity index (χ1v) is 5.64. The molecule has 2 rings (SSSR count). The van der Waals surface area contributed by atoms with Crippen LogP contribution in [-0.4, -0.2) is 16.8 Å². The van der Waals surface area contributed by atoms with Crippen LogP contribution >= 0.6 is 34.8 Å². The molecule has 0 N–H and O–H groups in total. The molecule has 0 bridgehead atoms. The van der Waals surface area contributed by atoms with E-state index in [0.29, 0.717) is 5.69 Å². The van der Waals surface area contributed by atoms with Crippen molar-refractivity contribution in [3.63, 3.8) is 0 Å². The van der Waals surface area contributed by atoms with Crippen molar-refractivity contribution >= 4 is 52.3 Å². The molecule has 0 aromatic carbocycles. The van der Waals surface area contributed by atoms with Gasteiger partial charge in [-0.3, -0.25) is 9.59 Å². The van der Waals surface area contributed by atoms with E-state index in [4.69, 9.17) is 34.8 Å². The molecule has 2 heterocycles. The Morgan fingerprint density at radius 3 is 2.12 bits per heavy atom. The number of amides is 2. The summed E-state index contributed by atoms with van der Waals surface area (Å²) in [5, 5.41) is 0.105. The number of aryl methyl sites for hydroxylation is 1. The highest BCUT2D eigenvalue weighted by molar-refractivity contribution is 6.47. The zero-order valence-corrected chi connectivity index (χ0v) is 10.8. The zero-order chi connectivity index (χ0) is 12.7. The molecule has 1 aliphatic rings. The van der Waals surface area contributed by atoms with Gasteiger partial charge in [0.25, 0.3) is 11.8 Å². The lowest BCUT2D eigenvalue weighted by Gasteiger charge is -2.18. The first-order valence-electron chi connectivity index (χ1n) is 4.50. The standard InChI is InChI=1S/C10H5Cl3N2O2/c1-4-7(11)9(8(12)10(13)14-4)15-5(16)2-3-6(15)17/h2-3H,1H3. The average Bonchev–Trinajstić information content (AvgIpc) is 2.58. The Kier molecular flexibility index (Phi) is 3.12. The smallest absolute Gasteiger partial charge is 0.258 e. The first kappa shape index (κ1) is 12.4. The van der Waals surface area contributed by atoms with Gasteiger partial charge in [0.1, 0.15) is 10.2 Å². The summed E-state index contributed by atoms with van der Waals surface area (Å²) >= 11 is 17.7. The molecule has 2 amide bonds. The van der Waals surface area contributed by atoms with Crippen molar-refractivity contribution in [2.24, 2.45) is 0 Å². The van der Waals surface area contributed by atoms with Crippen LogP contribution in [0.2, 0.25) is 15.2 Å². The molecule has 0 saturated carbocycles. The second-order valence-corrected chi connectivity index (χ2v) is 4.42. The monoisotopic (exact) mass is 290 g/mol. The van der Waals surface area contributed by atoms with Crippen LogP contribution in [0, 0.1) is 6.92 Å². The van der Waals surface area contributed by atoms with Gasteiger partial charge in [0.15, 0.2) is 0 Å². The molecule has 0 aliphatic carbocycles. The number of anilines is 1. The van der Waals surface area contributed by atoms with E-state index in [0.717, 1.165) is 17.1 Å². The van der Waals surface area contributed by atoms with Crippen LogP contribution in [0.4, 0.5) is 5.69 Å². The molecular weight excluding hydrogens is 286 g/mol. The highest BCUT2D eigenvalue weighted by Gasteiger charge is 2.31. The minimum absolute atomic E-state index is 0.00364. The quantitative estimate of drug-likeness (QED) is 0.590. The molecule has 4 nitrogen and oxygen atoms in total. The second-order valence-electron chi connectivity index (χ2n) is 3.31. The lowest BCUT2D eigenvalue weighted by molar-refractivity contribution is -0.119. The molecule has 88 valence electrons. The number of halogens is 3. The van der Waals surface area contributed by atoms with Crippen molar-refractivity contribution in [2.45, 2.75) is 6.92 Å². The summed E-state index contributed by atoms with van der Waals surface area (Å²) in [6.07, 6.45) is 2.28. The fourth-order valence-electron chi connectivity index (χ4n) is 1.43. The van der Waals surface area contributed by atoms with E-state index in [1.54, 1.807) is 6.92 Å². The maximum absolute atomic E-state index is 11.5. The van der Waals surface area contributed by atoms with E-state index >= 15 is 0 Å². The second kappa shape index (κ2) is 4.29. The Balaban J connectivity index is 2.67. The molecule has 1 aromatic heterocycles. The van der Waals surface area contributed by atoms with E-state index in [2.05, 4.69) is 4.98 Å². The van der Waals surface area contributed by atoms with Gasteiger partial charge in [0, 0.05) is 12.2 Å². The van der Waals surface area contributed by atoms with Gasteiger partial charge in [-0.15, -0.1) is 0 Å². The Bertz CT molecular complexity index is 525. The minimum atomic E-state index is -0.513. The van der Waals surface area contributed by atoms with Crippen molar-refractivity contribution in [1.29, 1.82) is 0 Å². The molecule has 0 spiro atoms. The fourth-order valence-corrected chi connectivity index (χ4v) is 2.13. The van der Waals surface area contributed by atoms with Gasteiger partial charge in [-0.25, -0.2) is 9.88 Å². The van der Waals surface area contributed by atoms with Crippen molar-refractivity contribution in [1.82, 2.24) is 4.98 Å². The summed E-state index contributed by atoms with van der Waals surface area (Å²) in [5.41, 5.74) is 0.467. The lowest BCUT2D eigenvalue weighted by Crippen LogP contribution is -2.30. The maximum Gasteiger partial charge on any atom is 0.258 e. The number of carbonyl (C=O) groups excluding carboxylic acids is 2. The normalized spacial score (nSPS) is 14.9. The third-order valence-electron chi connectivity index (χ3n) is 2.21. The topological polar surface area (TPSA) is 50.3 Å². The van der Waals surface area contributed by atoms with Gasteiger partial charge < -0.3 is 0 Å². The predicted molar refractivity (Wildman–Crippen MR) is 65.6 cm³/mol. The number of rotatable bonds is 1. The minimum Gasteiger partial charge on any atom is -0.269 e. The van der Waals surface area contributed by atoms with E-state index < -0.39 is 11.8 Å². The highest BCUT2D eigenvalue weighted by atomic mass is 35.5. The number of nitrogens with zero attached hydrogens (tertiary/aromatic N) is 2. The number of carbonyl (C=O) groups is 2. The molecule has 17 heavy (non-hydrogen) atoms. The number of hydrogen-bond donors (Lipinski definition) is 0. The Labute approximate surface area is 112 Å². The van der Waals surface area contributed by atoms with Gasteiger partial charge in [-0.2, -0.15) is 0 Å². The number of pyridine rings is 1. The molecule has 1 aromatic rings. The molecule has 0 saturated heterocycles. The van der Waals surface area contributed by atoms with Crippen LogP contribution in [-0.2, 0) is 9.59 Å². The van der Waals surface area contributed by atoms with Crippen LogP contribution in [0.5, 0.6) is 0 Å². The van der Waals surface area contributed by atoms with Gasteiger partial charge in [-0.1, -0.05) is 34.8 Å². The van der Waals surface area contributed by atoms with E-state index in [1.165, 1.54) is 0 Å². The van der Waals surface area contributed by atoms with E-state index in [-0.39, 0.29) is 20.9 Å². The Hall–Kier alpha value is -1.10. The van der Waals surface area contributed by atoms with Crippen molar-refractivity contribution in [2.75, 3.05) is 4.90 Å². The maximum atomic E-state index is 11.5. The van der Waals surface area contributed by atoms with Crippen LogP contribution in [0.25, 0.3) is 0 Å². The van der Waals surface area contributed by atoms with E-state index in [1.807, 2.05) is 0 Å². The first-order chi connectivity index (χ1) is 7.93. The Morgan fingerprint density at radius 1 is 1.06 bits per heavy atom. The van der Waals surface area contributed by atoms with Crippen molar-refractivity contribution < 1.29 is 9.59 Å². The molecule has 7 heteroatoms. The Morgan fingerprint density at radius 2 is 1.59 bits per heavy atom. The molecule has 0 atom stereocenters. The SMILES string of the molecule is Cc1nc(Cl)c(Cl)c(N2C(=O)C=CC2=O)c1Cl. The molecule has 0 radical (unpaired) electrons. The third kappa shape index (κ3) is 1.92. The van der Waals surface area contributed by atoms with Gasteiger partial charge in [0.05, 0.1) is 16.4 Å². The summed E-state index contributed by atoms with van der Waals surface area (Å²) in [5.74, 6) is -1.03. The lowest BCUT2D eigenvalue weighted by atomic mass is 10.3. The number of imide groups is 1. The van der Waals surface area contributed by atoms with Gasteiger partial charge >= 0.3 is 0 Å². The largest absolute Gasteiger partial charge is 0.269 e. The molecule has 1 aliphatic heterocycles. The summed E-state index contributed by atoms with van der Waals surface area (Å²) < 4.78 is 0. The van der Waals surface area contributed by atoms with Crippen molar-refractivity contribution in [3.8, 4) is 0 Å². The molecule has 0 unspecified atom stereocenters. The van der Waals surface area contributed by atoms with Crippen LogP contribution < -0.4 is 4.90 Å². The highest BCUT2D eigenvalue weighted by Crippen LogP contribution is 2.40.